The summed E-state index contributed by atoms with van der Waals surface area (Å²) < 4.78 is 1.02. The van der Waals surface area contributed by atoms with Crippen molar-refractivity contribution in [3.63, 3.8) is 0 Å². The van der Waals surface area contributed by atoms with E-state index in [1.807, 2.05) is 12.1 Å². The van der Waals surface area contributed by atoms with E-state index in [9.17, 15) is 4.79 Å². The van der Waals surface area contributed by atoms with Crippen LogP contribution in [-0.4, -0.2) is 13.0 Å². The van der Waals surface area contributed by atoms with Gasteiger partial charge in [-0.1, -0.05) is 0 Å². The molecule has 0 bridgehead atoms. The molecule has 0 aliphatic carbocycles. The second-order valence-electron chi connectivity index (χ2n) is 2.75. The van der Waals surface area contributed by atoms with Crippen LogP contribution in [-0.2, 0) is 4.79 Å². The predicted molar refractivity (Wildman–Crippen MR) is 60.8 cm³/mol. The molecular formula is C8H12BrN3OS. The molecule has 0 radical (unpaired) electrons. The summed E-state index contributed by atoms with van der Waals surface area (Å²) in [5.74, 6) is -0.107. The van der Waals surface area contributed by atoms with Crippen LogP contribution in [0.5, 0.6) is 0 Å². The highest BCUT2D eigenvalue weighted by Crippen LogP contribution is 2.27. The van der Waals surface area contributed by atoms with Crippen LogP contribution in [0.1, 0.15) is 17.3 Å². The summed E-state index contributed by atoms with van der Waals surface area (Å²) in [7, 11) is 1.64. The zero-order chi connectivity index (χ0) is 10.6. The van der Waals surface area contributed by atoms with Crippen molar-refractivity contribution in [2.75, 3.05) is 7.05 Å². The average Bonchev–Trinajstić information content (AvgIpc) is 2.52. The van der Waals surface area contributed by atoms with Gasteiger partial charge in [-0.2, -0.15) is 0 Å². The SMILES string of the molecule is CNNC(=O)CC(N)c1ccc(Br)s1. The maximum absolute atomic E-state index is 11.2. The van der Waals surface area contributed by atoms with Gasteiger partial charge in [-0.25, -0.2) is 5.43 Å². The molecular weight excluding hydrogens is 266 g/mol. The highest BCUT2D eigenvalue weighted by molar-refractivity contribution is 9.11. The zero-order valence-corrected chi connectivity index (χ0v) is 10.1. The van der Waals surface area contributed by atoms with Gasteiger partial charge in [-0.3, -0.25) is 10.2 Å². The third-order valence-electron chi connectivity index (χ3n) is 1.63. The third-order valence-corrected chi connectivity index (χ3v) is 3.38. The fourth-order valence-electron chi connectivity index (χ4n) is 1.02. The highest BCUT2D eigenvalue weighted by atomic mass is 79.9. The minimum atomic E-state index is -0.236. The molecule has 1 aromatic heterocycles. The summed E-state index contributed by atoms with van der Waals surface area (Å²) in [5.41, 5.74) is 10.9. The van der Waals surface area contributed by atoms with E-state index in [4.69, 9.17) is 5.73 Å². The molecule has 1 heterocycles. The van der Waals surface area contributed by atoms with E-state index < -0.39 is 0 Å². The maximum Gasteiger partial charge on any atom is 0.236 e. The largest absolute Gasteiger partial charge is 0.323 e. The molecule has 78 valence electrons. The van der Waals surface area contributed by atoms with Crippen molar-refractivity contribution in [1.29, 1.82) is 0 Å². The molecule has 0 aliphatic heterocycles. The summed E-state index contributed by atoms with van der Waals surface area (Å²) >= 11 is 4.89. The number of carbonyl (C=O) groups is 1. The molecule has 4 nitrogen and oxygen atoms in total. The molecule has 1 atom stereocenters. The van der Waals surface area contributed by atoms with Crippen molar-refractivity contribution < 1.29 is 4.79 Å². The Balaban J connectivity index is 2.50. The fourth-order valence-corrected chi connectivity index (χ4v) is 2.44. The zero-order valence-electron chi connectivity index (χ0n) is 7.71. The number of carbonyl (C=O) groups excluding carboxylic acids is 1. The van der Waals surface area contributed by atoms with E-state index in [-0.39, 0.29) is 18.4 Å². The van der Waals surface area contributed by atoms with Crippen molar-refractivity contribution in [2.45, 2.75) is 12.5 Å². The number of hydrazine groups is 1. The summed E-state index contributed by atoms with van der Waals surface area (Å²) in [5, 5.41) is 0. The number of halogens is 1. The Morgan fingerprint density at radius 3 is 2.93 bits per heavy atom. The number of amides is 1. The van der Waals surface area contributed by atoms with Crippen LogP contribution in [0, 0.1) is 0 Å². The van der Waals surface area contributed by atoms with Gasteiger partial charge in [0.2, 0.25) is 5.91 Å². The van der Waals surface area contributed by atoms with E-state index in [1.165, 1.54) is 0 Å². The summed E-state index contributed by atoms with van der Waals surface area (Å²) in [4.78, 5) is 12.2. The number of hydrogen-bond acceptors (Lipinski definition) is 4. The van der Waals surface area contributed by atoms with Crippen LogP contribution < -0.4 is 16.6 Å². The first-order valence-electron chi connectivity index (χ1n) is 4.10. The Morgan fingerprint density at radius 1 is 1.71 bits per heavy atom. The lowest BCUT2D eigenvalue weighted by Gasteiger charge is -2.08. The normalized spacial score (nSPS) is 12.5. The van der Waals surface area contributed by atoms with E-state index >= 15 is 0 Å². The second-order valence-corrected chi connectivity index (χ2v) is 5.25. The summed E-state index contributed by atoms with van der Waals surface area (Å²) in [6.07, 6.45) is 0.286. The van der Waals surface area contributed by atoms with Gasteiger partial charge < -0.3 is 5.73 Å². The molecule has 14 heavy (non-hydrogen) atoms. The van der Waals surface area contributed by atoms with E-state index in [0.29, 0.717) is 0 Å². The van der Waals surface area contributed by atoms with Crippen molar-refractivity contribution in [3.05, 3.63) is 20.8 Å². The molecule has 0 saturated carbocycles. The van der Waals surface area contributed by atoms with Crippen LogP contribution in [0.25, 0.3) is 0 Å². The van der Waals surface area contributed by atoms with Gasteiger partial charge in [-0.15, -0.1) is 11.3 Å². The molecule has 0 fully saturated rings. The molecule has 0 aliphatic rings. The molecule has 6 heteroatoms. The summed E-state index contributed by atoms with van der Waals surface area (Å²) in [6.45, 7) is 0. The van der Waals surface area contributed by atoms with Gasteiger partial charge in [0.05, 0.1) is 3.79 Å². The van der Waals surface area contributed by atoms with Crippen molar-refractivity contribution in [1.82, 2.24) is 10.9 Å². The topological polar surface area (TPSA) is 67.1 Å². The quantitative estimate of drug-likeness (QED) is 0.724. The minimum absolute atomic E-state index is 0.107. The molecule has 1 unspecified atom stereocenters. The Labute approximate surface area is 95.0 Å². The Kier molecular flexibility index (Phi) is 4.53. The van der Waals surface area contributed by atoms with Gasteiger partial charge in [0.15, 0.2) is 0 Å². The lowest BCUT2D eigenvalue weighted by Crippen LogP contribution is -2.35. The van der Waals surface area contributed by atoms with Gasteiger partial charge >= 0.3 is 0 Å². The van der Waals surface area contributed by atoms with E-state index in [2.05, 4.69) is 26.8 Å². The number of rotatable bonds is 4. The average molecular weight is 278 g/mol. The predicted octanol–water partition coefficient (Wildman–Crippen LogP) is 1.15. The molecule has 0 aromatic carbocycles. The Bertz CT molecular complexity index is 315. The van der Waals surface area contributed by atoms with Crippen LogP contribution in [0.15, 0.2) is 15.9 Å². The lowest BCUT2D eigenvalue weighted by molar-refractivity contribution is -0.122. The molecule has 1 amide bonds. The fraction of sp³-hybridized carbons (Fsp3) is 0.375. The van der Waals surface area contributed by atoms with Gasteiger partial charge in [0.1, 0.15) is 0 Å². The monoisotopic (exact) mass is 277 g/mol. The lowest BCUT2D eigenvalue weighted by atomic mass is 10.2. The maximum atomic E-state index is 11.2. The molecule has 1 rings (SSSR count). The standard InChI is InChI=1S/C8H12BrN3OS/c1-11-12-8(13)4-5(10)6-2-3-7(9)14-6/h2-3,5,11H,4,10H2,1H3,(H,12,13). The first-order valence-corrected chi connectivity index (χ1v) is 5.71. The molecule has 0 saturated heterocycles. The van der Waals surface area contributed by atoms with Crippen molar-refractivity contribution >= 4 is 33.2 Å². The number of thiophene rings is 1. The van der Waals surface area contributed by atoms with Gasteiger partial charge in [-0.05, 0) is 28.1 Å². The first-order chi connectivity index (χ1) is 6.63. The van der Waals surface area contributed by atoms with Gasteiger partial charge in [0.25, 0.3) is 0 Å². The van der Waals surface area contributed by atoms with Crippen LogP contribution >= 0.6 is 27.3 Å². The number of hydrogen-bond donors (Lipinski definition) is 3. The van der Waals surface area contributed by atoms with Crippen LogP contribution in [0.2, 0.25) is 0 Å². The van der Waals surface area contributed by atoms with E-state index in [0.717, 1.165) is 8.66 Å². The summed E-state index contributed by atoms with van der Waals surface area (Å²) in [6, 6.07) is 3.61. The van der Waals surface area contributed by atoms with Crippen molar-refractivity contribution in [3.8, 4) is 0 Å². The Hall–Kier alpha value is -0.430. The first kappa shape index (κ1) is 11.6. The molecule has 0 spiro atoms. The Morgan fingerprint density at radius 2 is 2.43 bits per heavy atom. The molecule has 4 N–H and O–H groups in total. The molecule has 1 aromatic rings. The van der Waals surface area contributed by atoms with Gasteiger partial charge in [0, 0.05) is 24.4 Å². The third kappa shape index (κ3) is 3.38. The van der Waals surface area contributed by atoms with Crippen LogP contribution in [0.4, 0.5) is 0 Å². The minimum Gasteiger partial charge on any atom is -0.323 e. The number of nitrogens with two attached hydrogens (primary N) is 1. The van der Waals surface area contributed by atoms with Crippen LogP contribution in [0.3, 0.4) is 0 Å². The second kappa shape index (κ2) is 5.45. The highest BCUT2D eigenvalue weighted by Gasteiger charge is 2.12. The van der Waals surface area contributed by atoms with Crippen molar-refractivity contribution in [2.24, 2.45) is 5.73 Å². The number of nitrogens with one attached hydrogen (secondary N) is 2. The smallest absolute Gasteiger partial charge is 0.236 e. The van der Waals surface area contributed by atoms with E-state index in [1.54, 1.807) is 18.4 Å².